The number of ether oxygens (including phenoxy) is 3. The Bertz CT molecular complexity index is 1600. The van der Waals surface area contributed by atoms with Crippen molar-refractivity contribution >= 4 is 25.7 Å². The van der Waals surface area contributed by atoms with Gasteiger partial charge in [0.15, 0.2) is 6.10 Å². The maximum absolute atomic E-state index is 12.9. The molecular formula is C64H111O11P. The molecule has 0 heterocycles. The second-order valence-electron chi connectivity index (χ2n) is 20.1. The van der Waals surface area contributed by atoms with Crippen LogP contribution < -0.4 is 0 Å². The highest BCUT2D eigenvalue weighted by atomic mass is 31.2. The van der Waals surface area contributed by atoms with E-state index in [2.05, 4.69) is 106 Å². The van der Waals surface area contributed by atoms with E-state index in [9.17, 15) is 28.9 Å². The molecule has 0 bridgehead atoms. The van der Waals surface area contributed by atoms with Crippen molar-refractivity contribution in [1.82, 2.24) is 0 Å². The van der Waals surface area contributed by atoms with E-state index < -0.39 is 57.8 Å². The summed E-state index contributed by atoms with van der Waals surface area (Å²) in [7, 11) is -4.76. The normalized spacial score (nSPS) is 13.9. The molecule has 2 N–H and O–H groups in total. The molecule has 0 aromatic carbocycles. The Balaban J connectivity index is 4.74. The smallest absolute Gasteiger partial charge is 0.462 e. The van der Waals surface area contributed by atoms with Gasteiger partial charge in [0, 0.05) is 19.3 Å². The number of allylic oxidation sites excluding steroid dienone is 14. The number of aliphatic hydroxyl groups is 1. The fraction of sp³-hybridized carbons (Fsp3) is 0.734. The van der Waals surface area contributed by atoms with E-state index in [-0.39, 0.29) is 25.9 Å². The van der Waals surface area contributed by atoms with Crippen LogP contribution in [0.5, 0.6) is 0 Å². The van der Waals surface area contributed by atoms with Crippen molar-refractivity contribution in [3.8, 4) is 0 Å². The fourth-order valence-corrected chi connectivity index (χ4v) is 8.91. The molecule has 0 amide bonds. The third kappa shape index (κ3) is 55.4. The Morgan fingerprint density at radius 3 is 1.11 bits per heavy atom. The van der Waals surface area contributed by atoms with Crippen LogP contribution in [0, 0.1) is 0 Å². The fourth-order valence-electron chi connectivity index (χ4n) is 8.12. The van der Waals surface area contributed by atoms with Crippen molar-refractivity contribution in [2.24, 2.45) is 0 Å². The lowest BCUT2D eigenvalue weighted by molar-refractivity contribution is -0.161. The Morgan fingerprint density at radius 1 is 0.382 bits per heavy atom. The minimum atomic E-state index is -4.76. The molecule has 0 aliphatic carbocycles. The molecule has 0 rings (SSSR count). The highest BCUT2D eigenvalue weighted by Gasteiger charge is 2.28. The van der Waals surface area contributed by atoms with Gasteiger partial charge in [0.05, 0.1) is 19.8 Å². The number of unbranched alkanes of at least 4 members (excludes halogenated alkanes) is 25. The van der Waals surface area contributed by atoms with Crippen molar-refractivity contribution in [3.05, 3.63) is 85.1 Å². The summed E-state index contributed by atoms with van der Waals surface area (Å²) in [6.07, 6.45) is 66.8. The van der Waals surface area contributed by atoms with Crippen molar-refractivity contribution < 1.29 is 52.2 Å². The summed E-state index contributed by atoms with van der Waals surface area (Å²) in [6.45, 7) is 4.45. The molecule has 3 atom stereocenters. The van der Waals surface area contributed by atoms with Gasteiger partial charge in [-0.15, -0.1) is 0 Å². The van der Waals surface area contributed by atoms with Gasteiger partial charge in [-0.3, -0.25) is 23.4 Å². The number of carbonyl (C=O) groups is 3. The molecule has 0 aliphatic rings. The Kier molecular flexibility index (Phi) is 55.3. The monoisotopic (exact) mass is 1090 g/mol. The van der Waals surface area contributed by atoms with E-state index in [0.29, 0.717) is 19.3 Å². The van der Waals surface area contributed by atoms with Gasteiger partial charge in [-0.1, -0.05) is 221 Å². The van der Waals surface area contributed by atoms with Gasteiger partial charge in [-0.2, -0.15) is 0 Å². The summed E-state index contributed by atoms with van der Waals surface area (Å²) in [5.41, 5.74) is 0. The summed E-state index contributed by atoms with van der Waals surface area (Å²) in [5.74, 6) is -1.49. The minimum absolute atomic E-state index is 0.156. The molecule has 0 radical (unpaired) electrons. The van der Waals surface area contributed by atoms with Crippen LogP contribution in [-0.2, 0) is 42.2 Å². The molecule has 0 saturated heterocycles. The molecule has 0 saturated carbocycles. The van der Waals surface area contributed by atoms with Crippen LogP contribution in [0.2, 0.25) is 0 Å². The zero-order chi connectivity index (χ0) is 55.5. The molecule has 0 aromatic heterocycles. The van der Waals surface area contributed by atoms with Gasteiger partial charge < -0.3 is 24.2 Å². The van der Waals surface area contributed by atoms with Gasteiger partial charge in [0.1, 0.15) is 12.7 Å². The van der Waals surface area contributed by atoms with Gasteiger partial charge in [-0.25, -0.2) is 4.57 Å². The number of carbonyl (C=O) groups excluding carboxylic acids is 3. The zero-order valence-electron chi connectivity index (χ0n) is 48.5. The molecule has 0 aliphatic heterocycles. The first-order valence-electron chi connectivity index (χ1n) is 30.5. The van der Waals surface area contributed by atoms with E-state index in [1.54, 1.807) is 0 Å². The second kappa shape index (κ2) is 57.8. The van der Waals surface area contributed by atoms with Crippen LogP contribution in [-0.4, -0.2) is 66.5 Å². The Morgan fingerprint density at radius 2 is 0.697 bits per heavy atom. The Labute approximate surface area is 464 Å². The van der Waals surface area contributed by atoms with Gasteiger partial charge in [-0.05, 0) is 109 Å². The number of rotatable bonds is 56. The van der Waals surface area contributed by atoms with Crippen molar-refractivity contribution in [2.75, 3.05) is 26.4 Å². The molecule has 0 spiro atoms. The lowest BCUT2D eigenvalue weighted by Crippen LogP contribution is -2.30. The van der Waals surface area contributed by atoms with E-state index in [0.717, 1.165) is 135 Å². The third-order valence-corrected chi connectivity index (χ3v) is 13.7. The Hall–Kier alpha value is -3.34. The van der Waals surface area contributed by atoms with Gasteiger partial charge >= 0.3 is 25.7 Å². The second-order valence-corrected chi connectivity index (χ2v) is 21.6. The quantitative estimate of drug-likeness (QED) is 0.0197. The summed E-state index contributed by atoms with van der Waals surface area (Å²) in [5, 5.41) is 9.81. The average molecular weight is 1090 g/mol. The summed E-state index contributed by atoms with van der Waals surface area (Å²) in [6, 6.07) is 0. The number of esters is 3. The minimum Gasteiger partial charge on any atom is -0.462 e. The first-order chi connectivity index (χ1) is 37.2. The first kappa shape index (κ1) is 72.7. The van der Waals surface area contributed by atoms with E-state index in [4.69, 9.17) is 23.3 Å². The van der Waals surface area contributed by atoms with Crippen molar-refractivity contribution in [1.29, 1.82) is 0 Å². The molecule has 76 heavy (non-hydrogen) atoms. The number of hydrogen-bond donors (Lipinski definition) is 2. The molecule has 12 heteroatoms. The van der Waals surface area contributed by atoms with Crippen LogP contribution in [0.25, 0.3) is 0 Å². The average Bonchev–Trinajstić information content (AvgIpc) is 3.41. The maximum atomic E-state index is 12.9. The molecular weight excluding hydrogens is 976 g/mol. The maximum Gasteiger partial charge on any atom is 0.472 e. The lowest BCUT2D eigenvalue weighted by Gasteiger charge is -2.21. The number of aliphatic hydroxyl groups excluding tert-OH is 1. The predicted octanol–water partition coefficient (Wildman–Crippen LogP) is 18.3. The van der Waals surface area contributed by atoms with Crippen molar-refractivity contribution in [3.63, 3.8) is 0 Å². The van der Waals surface area contributed by atoms with E-state index in [1.807, 2.05) is 0 Å². The van der Waals surface area contributed by atoms with Crippen molar-refractivity contribution in [2.45, 2.75) is 277 Å². The third-order valence-electron chi connectivity index (χ3n) is 12.8. The zero-order valence-corrected chi connectivity index (χ0v) is 49.3. The predicted molar refractivity (Wildman–Crippen MR) is 316 cm³/mol. The molecule has 3 unspecified atom stereocenters. The van der Waals surface area contributed by atoms with Gasteiger partial charge in [0.25, 0.3) is 0 Å². The van der Waals surface area contributed by atoms with Crippen LogP contribution >= 0.6 is 7.82 Å². The molecule has 11 nitrogen and oxygen atoms in total. The van der Waals surface area contributed by atoms with Crippen LogP contribution in [0.3, 0.4) is 0 Å². The van der Waals surface area contributed by atoms with E-state index in [1.165, 1.54) is 70.6 Å². The summed E-state index contributed by atoms with van der Waals surface area (Å²) < 4.78 is 39.6. The number of phosphoric ester groups is 1. The summed E-state index contributed by atoms with van der Waals surface area (Å²) in [4.78, 5) is 48.6. The number of phosphoric acid groups is 1. The SMILES string of the molecule is CC/C=C\C/C=C\C/C=C\C/C=C\CCCCCCCCC(=O)OCC(COP(=O)(O)OCC(CO)OC(=O)CCCCCCC/C=C\CCCC)OC(=O)CCCCCCCCCCC/C=C\C/C=C\CCCCC. The van der Waals surface area contributed by atoms with Gasteiger partial charge in [0.2, 0.25) is 0 Å². The number of hydrogen-bond acceptors (Lipinski definition) is 10. The summed E-state index contributed by atoms with van der Waals surface area (Å²) >= 11 is 0. The molecule has 438 valence electrons. The van der Waals surface area contributed by atoms with Crippen LogP contribution in [0.1, 0.15) is 265 Å². The van der Waals surface area contributed by atoms with E-state index >= 15 is 0 Å². The van der Waals surface area contributed by atoms with Crippen LogP contribution in [0.4, 0.5) is 0 Å². The standard InChI is InChI=1S/C64H111O11P/c1-4-7-10-13-16-19-22-24-26-28-30-32-34-36-39-41-44-47-50-53-62(66)71-57-61(75-64(68)55-52-49-46-43-40-37-35-33-31-29-27-25-23-20-17-14-11-8-5-2)59-73-76(69,70)72-58-60(56-65)74-63(67)54-51-48-45-42-38-21-18-15-12-9-6-3/h7,10,15-20,24-27,30,32,60-61,65H,4-6,8-9,11-14,21-23,28-29,31,33-59H2,1-3H3,(H,69,70)/b10-7-,18-15-,19-16-,20-17-,26-24-,27-25-,32-30-. The highest BCUT2D eigenvalue weighted by molar-refractivity contribution is 7.47. The lowest BCUT2D eigenvalue weighted by atomic mass is 10.1. The topological polar surface area (TPSA) is 155 Å². The molecule has 0 aromatic rings. The highest BCUT2D eigenvalue weighted by Crippen LogP contribution is 2.43. The van der Waals surface area contributed by atoms with Crippen LogP contribution in [0.15, 0.2) is 85.1 Å². The molecule has 0 fully saturated rings. The first-order valence-corrected chi connectivity index (χ1v) is 32.0. The largest absolute Gasteiger partial charge is 0.472 e.